The number of nitrogens with zero attached hydrogens (tertiary/aromatic N) is 6. The van der Waals surface area contributed by atoms with Crippen molar-refractivity contribution in [3.63, 3.8) is 0 Å². The molecule has 0 N–H and O–H groups in total. The van der Waals surface area contributed by atoms with E-state index in [1.165, 1.54) is 0 Å². The van der Waals surface area contributed by atoms with Crippen molar-refractivity contribution in [3.05, 3.63) is 102 Å². The van der Waals surface area contributed by atoms with Crippen LogP contribution in [0.3, 0.4) is 0 Å². The topological polar surface area (TPSA) is 85.2 Å². The highest BCUT2D eigenvalue weighted by Crippen LogP contribution is 2.38. The molecular weight excluding hydrogens is 671 g/mol. The standard InChI is InChI=1S/C42H49FN6O4/c1-42(2,3)53-41(50)49-25-23-47(24-26-49)27-30-19-21-48(22-20-30)35-17-15-33-38(45-46(4)39(33)37(35)43)34-16-18-36(51-28-31-11-7-5-8-12-31)44-40(34)52-29-32-13-9-6-10-14-32/h5-18,30H,19-29H2,1-4H3. The van der Waals surface area contributed by atoms with Crippen molar-refractivity contribution >= 4 is 22.7 Å². The van der Waals surface area contributed by atoms with Crippen molar-refractivity contribution in [2.75, 3.05) is 50.7 Å². The second-order valence-corrected chi connectivity index (χ2v) is 15.0. The average Bonchev–Trinajstić information content (AvgIpc) is 3.50. The smallest absolute Gasteiger partial charge is 0.410 e. The second-order valence-electron chi connectivity index (χ2n) is 15.0. The Kier molecular flexibility index (Phi) is 10.8. The second kappa shape index (κ2) is 15.8. The first-order valence-electron chi connectivity index (χ1n) is 18.6. The summed E-state index contributed by atoms with van der Waals surface area (Å²) in [5, 5.41) is 5.51. The molecule has 0 atom stereocenters. The third-order valence-corrected chi connectivity index (χ3v) is 9.96. The van der Waals surface area contributed by atoms with E-state index in [1.807, 2.05) is 106 Å². The van der Waals surface area contributed by atoms with Gasteiger partial charge in [0.1, 0.15) is 30.0 Å². The molecule has 2 aliphatic rings. The van der Waals surface area contributed by atoms with Gasteiger partial charge in [-0.1, -0.05) is 60.7 Å². The number of halogens is 1. The van der Waals surface area contributed by atoms with Crippen molar-refractivity contribution in [2.24, 2.45) is 13.0 Å². The van der Waals surface area contributed by atoms with Gasteiger partial charge in [0.15, 0.2) is 5.82 Å². The molecule has 4 heterocycles. The van der Waals surface area contributed by atoms with E-state index in [-0.39, 0.29) is 11.9 Å². The van der Waals surface area contributed by atoms with E-state index in [0.717, 1.165) is 56.7 Å². The Bertz CT molecular complexity index is 2000. The first-order chi connectivity index (χ1) is 25.6. The van der Waals surface area contributed by atoms with Gasteiger partial charge in [-0.3, -0.25) is 9.58 Å². The van der Waals surface area contributed by atoms with E-state index >= 15 is 4.39 Å². The number of benzene rings is 3. The number of hydrogen-bond donors (Lipinski definition) is 0. The van der Waals surface area contributed by atoms with E-state index in [2.05, 4.69) is 9.80 Å². The summed E-state index contributed by atoms with van der Waals surface area (Å²) in [7, 11) is 1.78. The summed E-state index contributed by atoms with van der Waals surface area (Å²) < 4.78 is 36.0. The largest absolute Gasteiger partial charge is 0.473 e. The normalized spacial score (nSPS) is 15.9. The maximum Gasteiger partial charge on any atom is 0.410 e. The summed E-state index contributed by atoms with van der Waals surface area (Å²) in [6, 6.07) is 27.4. The predicted octanol–water partition coefficient (Wildman–Crippen LogP) is 7.70. The minimum absolute atomic E-state index is 0.236. The first-order valence-corrected chi connectivity index (χ1v) is 18.6. The summed E-state index contributed by atoms with van der Waals surface area (Å²) >= 11 is 0. The van der Waals surface area contributed by atoms with Crippen LogP contribution in [0.5, 0.6) is 11.8 Å². The van der Waals surface area contributed by atoms with Gasteiger partial charge in [-0.05, 0) is 68.9 Å². The molecule has 0 radical (unpaired) electrons. The van der Waals surface area contributed by atoms with Crippen LogP contribution in [0.2, 0.25) is 0 Å². The van der Waals surface area contributed by atoms with Gasteiger partial charge in [0, 0.05) is 64.3 Å². The molecule has 5 aromatic rings. The highest BCUT2D eigenvalue weighted by atomic mass is 19.1. The number of anilines is 1. The number of ether oxygens (including phenoxy) is 3. The van der Waals surface area contributed by atoms with Crippen LogP contribution in [0.1, 0.15) is 44.7 Å². The predicted molar refractivity (Wildman–Crippen MR) is 205 cm³/mol. The molecule has 1 amide bonds. The third kappa shape index (κ3) is 8.73. The Morgan fingerprint density at radius 1 is 0.811 bits per heavy atom. The van der Waals surface area contributed by atoms with E-state index in [0.29, 0.717) is 71.8 Å². The van der Waals surface area contributed by atoms with Crippen molar-refractivity contribution in [1.82, 2.24) is 24.6 Å². The number of piperazine rings is 1. The molecule has 0 spiro atoms. The number of piperidine rings is 1. The Morgan fingerprint density at radius 3 is 2.09 bits per heavy atom. The zero-order valence-corrected chi connectivity index (χ0v) is 31.1. The van der Waals surface area contributed by atoms with Crippen LogP contribution in [0.25, 0.3) is 22.2 Å². The molecule has 2 fully saturated rings. The van der Waals surface area contributed by atoms with Gasteiger partial charge in [-0.2, -0.15) is 10.1 Å². The van der Waals surface area contributed by atoms with E-state index in [4.69, 9.17) is 24.3 Å². The van der Waals surface area contributed by atoms with Crippen LogP contribution in [-0.2, 0) is 25.0 Å². The zero-order valence-electron chi connectivity index (χ0n) is 31.1. The molecule has 10 nitrogen and oxygen atoms in total. The summed E-state index contributed by atoms with van der Waals surface area (Å²) in [6.07, 6.45) is 1.72. The Hall–Kier alpha value is -5.16. The first kappa shape index (κ1) is 36.2. The van der Waals surface area contributed by atoms with Gasteiger partial charge in [0.25, 0.3) is 0 Å². The van der Waals surface area contributed by atoms with Gasteiger partial charge in [0.2, 0.25) is 11.8 Å². The lowest BCUT2D eigenvalue weighted by atomic mass is 9.95. The number of hydrogen-bond acceptors (Lipinski definition) is 8. The maximum atomic E-state index is 16.5. The Morgan fingerprint density at radius 2 is 1.45 bits per heavy atom. The van der Waals surface area contributed by atoms with Gasteiger partial charge in [0.05, 0.1) is 11.3 Å². The molecule has 0 bridgehead atoms. The van der Waals surface area contributed by atoms with Crippen LogP contribution >= 0.6 is 0 Å². The molecule has 0 unspecified atom stereocenters. The fourth-order valence-corrected chi connectivity index (χ4v) is 7.17. The van der Waals surface area contributed by atoms with E-state index < -0.39 is 5.60 Å². The lowest BCUT2D eigenvalue weighted by Gasteiger charge is -2.39. The molecule has 2 aliphatic heterocycles. The molecule has 7 rings (SSSR count). The number of carbonyl (C=O) groups is 1. The van der Waals surface area contributed by atoms with Crippen LogP contribution in [0.4, 0.5) is 14.9 Å². The monoisotopic (exact) mass is 720 g/mol. The van der Waals surface area contributed by atoms with Crippen LogP contribution in [0.15, 0.2) is 84.9 Å². The summed E-state index contributed by atoms with van der Waals surface area (Å²) in [5.74, 6) is 1.05. The molecule has 53 heavy (non-hydrogen) atoms. The fourth-order valence-electron chi connectivity index (χ4n) is 7.17. The minimum atomic E-state index is -0.491. The SMILES string of the molecule is Cn1nc(-c2ccc(OCc3ccccc3)nc2OCc2ccccc2)c2ccc(N3CCC(CN4CCN(C(=O)OC(C)(C)C)CC4)CC3)c(F)c21. The van der Waals surface area contributed by atoms with E-state index in [1.54, 1.807) is 16.6 Å². The number of fused-ring (bicyclic) bond motifs is 1. The van der Waals surface area contributed by atoms with E-state index in [9.17, 15) is 4.79 Å². The van der Waals surface area contributed by atoms with Gasteiger partial charge in [-0.25, -0.2) is 9.18 Å². The van der Waals surface area contributed by atoms with Gasteiger partial charge in [-0.15, -0.1) is 0 Å². The number of pyridine rings is 1. The number of rotatable bonds is 10. The molecule has 2 saturated heterocycles. The summed E-state index contributed by atoms with van der Waals surface area (Å²) in [6.45, 7) is 11.9. The number of aromatic nitrogens is 3. The molecule has 0 aliphatic carbocycles. The van der Waals surface area contributed by atoms with Crippen LogP contribution < -0.4 is 14.4 Å². The Balaban J connectivity index is 1.04. The molecule has 11 heteroatoms. The highest BCUT2D eigenvalue weighted by molar-refractivity contribution is 5.96. The number of aryl methyl sites for hydroxylation is 1. The Labute approximate surface area is 311 Å². The zero-order chi connectivity index (χ0) is 37.0. The van der Waals surface area contributed by atoms with Crippen molar-refractivity contribution < 1.29 is 23.4 Å². The average molecular weight is 721 g/mol. The quantitative estimate of drug-likeness (QED) is 0.145. The minimum Gasteiger partial charge on any atom is -0.473 e. The van der Waals surface area contributed by atoms with Crippen molar-refractivity contribution in [3.8, 4) is 23.0 Å². The van der Waals surface area contributed by atoms with Crippen molar-refractivity contribution in [1.29, 1.82) is 0 Å². The number of amides is 1. The molecule has 0 saturated carbocycles. The third-order valence-electron chi connectivity index (χ3n) is 9.96. The summed E-state index contributed by atoms with van der Waals surface area (Å²) in [4.78, 5) is 23.6. The van der Waals surface area contributed by atoms with Crippen LogP contribution in [0, 0.1) is 11.7 Å². The molecule has 278 valence electrons. The molecular formula is C42H49FN6O4. The lowest BCUT2D eigenvalue weighted by Crippen LogP contribution is -2.51. The van der Waals surface area contributed by atoms with Gasteiger partial charge < -0.3 is 24.0 Å². The van der Waals surface area contributed by atoms with Crippen LogP contribution in [-0.4, -0.2) is 82.1 Å². The molecule has 2 aromatic heterocycles. The van der Waals surface area contributed by atoms with Crippen molar-refractivity contribution in [2.45, 2.75) is 52.4 Å². The fraction of sp³-hybridized carbons (Fsp3) is 0.405. The van der Waals surface area contributed by atoms with Gasteiger partial charge >= 0.3 is 6.09 Å². The number of carbonyl (C=O) groups excluding carboxylic acids is 1. The maximum absolute atomic E-state index is 16.5. The molecule has 3 aromatic carbocycles. The summed E-state index contributed by atoms with van der Waals surface area (Å²) in [5.41, 5.74) is 3.85. The highest BCUT2D eigenvalue weighted by Gasteiger charge is 2.29. The lowest BCUT2D eigenvalue weighted by molar-refractivity contribution is 0.0130.